The average molecular weight is 383 g/mol. The molecule has 6 nitrogen and oxygen atoms in total. The predicted molar refractivity (Wildman–Crippen MR) is 112 cm³/mol. The lowest BCUT2D eigenvalue weighted by atomic mass is 9.98. The van der Waals surface area contributed by atoms with Crippen molar-refractivity contribution in [2.45, 2.75) is 39.7 Å². The van der Waals surface area contributed by atoms with E-state index < -0.39 is 0 Å². The van der Waals surface area contributed by atoms with E-state index >= 15 is 0 Å². The Kier molecular flexibility index (Phi) is 5.29. The minimum atomic E-state index is 0.782. The van der Waals surface area contributed by atoms with Crippen molar-refractivity contribution in [2.24, 2.45) is 5.92 Å². The molecule has 2 aromatic rings. The third-order valence-corrected chi connectivity index (χ3v) is 5.94. The normalized spacial score (nSPS) is 17.4. The van der Waals surface area contributed by atoms with E-state index in [0.717, 1.165) is 67.5 Å². The zero-order valence-electron chi connectivity index (χ0n) is 17.4. The number of ether oxygens (including phenoxy) is 2. The molecule has 0 bridgehead atoms. The van der Waals surface area contributed by atoms with Crippen LogP contribution < -0.4 is 19.3 Å². The Balaban J connectivity index is 1.58. The van der Waals surface area contributed by atoms with E-state index in [1.54, 1.807) is 14.2 Å². The van der Waals surface area contributed by atoms with Gasteiger partial charge < -0.3 is 19.3 Å². The molecule has 0 aliphatic carbocycles. The van der Waals surface area contributed by atoms with Gasteiger partial charge in [-0.15, -0.1) is 0 Å². The Labute approximate surface area is 167 Å². The number of fused-ring (bicyclic) bond motifs is 1. The molecule has 1 aromatic carbocycles. The smallest absolute Gasteiger partial charge is 0.227 e. The zero-order valence-corrected chi connectivity index (χ0v) is 17.4. The zero-order chi connectivity index (χ0) is 19.7. The van der Waals surface area contributed by atoms with Gasteiger partial charge in [0.1, 0.15) is 5.82 Å². The van der Waals surface area contributed by atoms with E-state index in [9.17, 15) is 0 Å². The Morgan fingerprint density at radius 2 is 1.57 bits per heavy atom. The molecule has 0 atom stereocenters. The molecular formula is C22H30N4O2. The van der Waals surface area contributed by atoms with Gasteiger partial charge in [0.15, 0.2) is 11.5 Å². The van der Waals surface area contributed by atoms with Gasteiger partial charge in [-0.1, -0.05) is 6.92 Å². The summed E-state index contributed by atoms with van der Waals surface area (Å²) >= 11 is 0. The molecule has 0 spiro atoms. The molecular weight excluding hydrogens is 352 g/mol. The molecule has 2 aliphatic rings. The van der Waals surface area contributed by atoms with Crippen molar-refractivity contribution in [3.05, 3.63) is 35.0 Å². The number of methoxy groups -OCH3 is 2. The number of aryl methyl sites for hydroxylation is 1. The van der Waals surface area contributed by atoms with Crippen molar-refractivity contribution < 1.29 is 9.47 Å². The van der Waals surface area contributed by atoms with Crippen LogP contribution in [0.3, 0.4) is 0 Å². The molecule has 0 saturated carbocycles. The van der Waals surface area contributed by atoms with E-state index in [0.29, 0.717) is 0 Å². The highest BCUT2D eigenvalue weighted by Crippen LogP contribution is 2.34. The van der Waals surface area contributed by atoms with E-state index in [-0.39, 0.29) is 0 Å². The van der Waals surface area contributed by atoms with E-state index in [4.69, 9.17) is 19.4 Å². The summed E-state index contributed by atoms with van der Waals surface area (Å²) in [7, 11) is 3.37. The first-order chi connectivity index (χ1) is 13.6. The predicted octanol–water partition coefficient (Wildman–Crippen LogP) is 3.60. The van der Waals surface area contributed by atoms with Gasteiger partial charge in [-0.3, -0.25) is 0 Å². The Hall–Kier alpha value is -2.50. The molecule has 28 heavy (non-hydrogen) atoms. The van der Waals surface area contributed by atoms with Crippen LogP contribution in [0.2, 0.25) is 0 Å². The highest BCUT2D eigenvalue weighted by Gasteiger charge is 2.23. The fourth-order valence-electron chi connectivity index (χ4n) is 4.13. The number of hydrogen-bond acceptors (Lipinski definition) is 6. The number of benzene rings is 1. The summed E-state index contributed by atoms with van der Waals surface area (Å²) in [6.07, 6.45) is 3.39. The number of nitrogens with zero attached hydrogens (tertiary/aromatic N) is 4. The highest BCUT2D eigenvalue weighted by molar-refractivity contribution is 5.53. The third kappa shape index (κ3) is 3.73. The minimum Gasteiger partial charge on any atom is -0.493 e. The number of anilines is 2. The second-order valence-electron chi connectivity index (χ2n) is 7.98. The molecule has 1 aromatic heterocycles. The van der Waals surface area contributed by atoms with Gasteiger partial charge in [0.2, 0.25) is 5.95 Å². The van der Waals surface area contributed by atoms with Crippen LogP contribution in [-0.4, -0.2) is 43.8 Å². The molecule has 0 amide bonds. The van der Waals surface area contributed by atoms with Crippen LogP contribution in [-0.2, 0) is 13.0 Å². The van der Waals surface area contributed by atoms with Crippen molar-refractivity contribution >= 4 is 11.8 Å². The molecule has 4 rings (SSSR count). The van der Waals surface area contributed by atoms with Gasteiger partial charge in [-0.05, 0) is 55.4 Å². The summed E-state index contributed by atoms with van der Waals surface area (Å²) in [4.78, 5) is 14.3. The summed E-state index contributed by atoms with van der Waals surface area (Å²) in [5.41, 5.74) is 3.62. The largest absolute Gasteiger partial charge is 0.493 e. The first-order valence-electron chi connectivity index (χ1n) is 10.2. The summed E-state index contributed by atoms with van der Waals surface area (Å²) < 4.78 is 10.9. The Morgan fingerprint density at radius 3 is 2.25 bits per heavy atom. The lowest BCUT2D eigenvalue weighted by Crippen LogP contribution is -2.35. The maximum absolute atomic E-state index is 5.49. The summed E-state index contributed by atoms with van der Waals surface area (Å²) in [6, 6.07) is 6.31. The van der Waals surface area contributed by atoms with Crippen molar-refractivity contribution in [3.63, 3.8) is 0 Å². The van der Waals surface area contributed by atoms with Crippen LogP contribution in [0, 0.1) is 12.8 Å². The maximum atomic E-state index is 5.49. The van der Waals surface area contributed by atoms with E-state index in [1.165, 1.54) is 24.0 Å². The first kappa shape index (κ1) is 18.8. The fraction of sp³-hybridized carbons (Fsp3) is 0.545. The second-order valence-corrected chi connectivity index (χ2v) is 7.98. The van der Waals surface area contributed by atoms with Crippen molar-refractivity contribution in [3.8, 4) is 11.5 Å². The quantitative estimate of drug-likeness (QED) is 0.805. The molecule has 0 N–H and O–H groups in total. The molecule has 0 unspecified atom stereocenters. The number of rotatable bonds is 4. The van der Waals surface area contributed by atoms with Gasteiger partial charge in [0.25, 0.3) is 0 Å². The van der Waals surface area contributed by atoms with Crippen LogP contribution in [0.5, 0.6) is 11.5 Å². The van der Waals surface area contributed by atoms with Crippen LogP contribution in [0.4, 0.5) is 11.8 Å². The van der Waals surface area contributed by atoms with Crippen molar-refractivity contribution in [2.75, 3.05) is 43.7 Å². The van der Waals surface area contributed by atoms with Gasteiger partial charge >= 0.3 is 0 Å². The third-order valence-electron chi connectivity index (χ3n) is 5.94. The number of piperidine rings is 1. The molecule has 1 fully saturated rings. The van der Waals surface area contributed by atoms with Crippen LogP contribution in [0.15, 0.2) is 18.2 Å². The van der Waals surface area contributed by atoms with E-state index in [2.05, 4.69) is 41.8 Å². The van der Waals surface area contributed by atoms with Gasteiger partial charge in [0, 0.05) is 37.9 Å². The monoisotopic (exact) mass is 382 g/mol. The van der Waals surface area contributed by atoms with Crippen LogP contribution in [0.1, 0.15) is 36.6 Å². The van der Waals surface area contributed by atoms with Crippen molar-refractivity contribution in [1.82, 2.24) is 9.97 Å². The second kappa shape index (κ2) is 7.86. The Bertz CT molecular complexity index is 847. The molecule has 150 valence electrons. The van der Waals surface area contributed by atoms with Gasteiger partial charge in [-0.2, -0.15) is 4.98 Å². The SMILES string of the molecule is COc1cc2c(cc1OC)CN(c1cc(C)nc(N3CCC(C)CC3)n1)CC2. The Morgan fingerprint density at radius 1 is 0.893 bits per heavy atom. The summed E-state index contributed by atoms with van der Waals surface area (Å²) in [5.74, 6) is 4.27. The summed E-state index contributed by atoms with van der Waals surface area (Å²) in [6.45, 7) is 8.24. The number of aromatic nitrogens is 2. The lowest BCUT2D eigenvalue weighted by Gasteiger charge is -2.33. The van der Waals surface area contributed by atoms with Gasteiger partial charge in [-0.25, -0.2) is 4.98 Å². The lowest BCUT2D eigenvalue weighted by molar-refractivity contribution is 0.353. The number of hydrogen-bond donors (Lipinski definition) is 0. The van der Waals surface area contributed by atoms with Crippen molar-refractivity contribution in [1.29, 1.82) is 0 Å². The summed E-state index contributed by atoms with van der Waals surface area (Å²) in [5, 5.41) is 0. The standard InChI is InChI=1S/C22H30N4O2/c1-15-5-8-25(9-6-15)22-23-16(2)11-21(24-22)26-10-7-17-12-19(27-3)20(28-4)13-18(17)14-26/h11-13,15H,5-10,14H2,1-4H3. The molecule has 1 saturated heterocycles. The highest BCUT2D eigenvalue weighted by atomic mass is 16.5. The topological polar surface area (TPSA) is 50.7 Å². The van der Waals surface area contributed by atoms with Crippen LogP contribution >= 0.6 is 0 Å². The maximum Gasteiger partial charge on any atom is 0.227 e. The van der Waals surface area contributed by atoms with Gasteiger partial charge in [0.05, 0.1) is 14.2 Å². The minimum absolute atomic E-state index is 0.782. The first-order valence-corrected chi connectivity index (χ1v) is 10.2. The molecule has 6 heteroatoms. The average Bonchev–Trinajstić information content (AvgIpc) is 2.72. The van der Waals surface area contributed by atoms with Crippen LogP contribution in [0.25, 0.3) is 0 Å². The molecule has 3 heterocycles. The van der Waals surface area contributed by atoms with E-state index in [1.807, 2.05) is 0 Å². The fourth-order valence-corrected chi connectivity index (χ4v) is 4.13. The molecule has 2 aliphatic heterocycles. The molecule has 0 radical (unpaired) electrons.